The average Bonchev–Trinajstić information content (AvgIpc) is 2.91. The van der Waals surface area contributed by atoms with Crippen molar-refractivity contribution in [3.05, 3.63) is 36.0 Å². The number of hydrogen-bond donors (Lipinski definition) is 1. The quantitative estimate of drug-likeness (QED) is 0.836. The summed E-state index contributed by atoms with van der Waals surface area (Å²) in [5.41, 5.74) is 1.20. The van der Waals surface area contributed by atoms with E-state index in [1.54, 1.807) is 24.3 Å². The van der Waals surface area contributed by atoms with Gasteiger partial charge >= 0.3 is 5.97 Å². The smallest absolute Gasteiger partial charge is 0.303 e. The van der Waals surface area contributed by atoms with Crippen molar-refractivity contribution in [3.63, 3.8) is 0 Å². The molecule has 2 rings (SSSR count). The molecule has 0 aliphatic carbocycles. The maximum absolute atomic E-state index is 12.5. The fourth-order valence-corrected chi connectivity index (χ4v) is 3.17. The largest absolute Gasteiger partial charge is 0.481 e. The SMILES string of the molecule is CN(c1cccc(CCC(=O)O)c1)S(=O)(=O)c1cnnn1C. The molecule has 0 bridgehead atoms. The van der Waals surface area contributed by atoms with Crippen LogP contribution in [-0.4, -0.2) is 41.5 Å². The minimum Gasteiger partial charge on any atom is -0.481 e. The molecule has 9 heteroatoms. The second-order valence-corrected chi connectivity index (χ2v) is 6.65. The van der Waals surface area contributed by atoms with Gasteiger partial charge in [-0.2, -0.15) is 8.42 Å². The zero-order valence-electron chi connectivity index (χ0n) is 12.2. The van der Waals surface area contributed by atoms with Crippen molar-refractivity contribution in [2.75, 3.05) is 11.4 Å². The Kier molecular flexibility index (Phi) is 4.45. The Bertz CT molecular complexity index is 785. The molecule has 0 saturated heterocycles. The summed E-state index contributed by atoms with van der Waals surface area (Å²) < 4.78 is 27.3. The van der Waals surface area contributed by atoms with E-state index >= 15 is 0 Å². The van der Waals surface area contributed by atoms with Crippen molar-refractivity contribution in [1.29, 1.82) is 0 Å². The summed E-state index contributed by atoms with van der Waals surface area (Å²) in [5.74, 6) is -0.896. The lowest BCUT2D eigenvalue weighted by Gasteiger charge is -2.19. The van der Waals surface area contributed by atoms with Crippen LogP contribution in [0.2, 0.25) is 0 Å². The molecule has 1 aromatic heterocycles. The van der Waals surface area contributed by atoms with E-state index in [4.69, 9.17) is 5.11 Å². The maximum Gasteiger partial charge on any atom is 0.303 e. The summed E-state index contributed by atoms with van der Waals surface area (Å²) in [6, 6.07) is 6.76. The maximum atomic E-state index is 12.5. The van der Waals surface area contributed by atoms with Crippen LogP contribution in [0.25, 0.3) is 0 Å². The van der Waals surface area contributed by atoms with E-state index < -0.39 is 16.0 Å². The van der Waals surface area contributed by atoms with Crippen LogP contribution in [0.15, 0.2) is 35.5 Å². The van der Waals surface area contributed by atoms with E-state index in [-0.39, 0.29) is 11.4 Å². The number of aryl methyl sites for hydroxylation is 2. The van der Waals surface area contributed by atoms with Crippen LogP contribution in [-0.2, 0) is 28.3 Å². The second-order valence-electron chi connectivity index (χ2n) is 4.73. The number of hydrogen-bond acceptors (Lipinski definition) is 5. The monoisotopic (exact) mass is 324 g/mol. The molecule has 0 spiro atoms. The lowest BCUT2D eigenvalue weighted by atomic mass is 10.1. The van der Waals surface area contributed by atoms with E-state index in [2.05, 4.69) is 10.3 Å². The molecular weight excluding hydrogens is 308 g/mol. The van der Waals surface area contributed by atoms with Gasteiger partial charge in [0.2, 0.25) is 0 Å². The molecular formula is C13H16N4O4S. The van der Waals surface area contributed by atoms with Crippen molar-refractivity contribution in [2.45, 2.75) is 17.9 Å². The number of carboxylic acid groups (broad SMARTS) is 1. The Morgan fingerprint density at radius 1 is 1.41 bits per heavy atom. The number of aromatic nitrogens is 3. The number of anilines is 1. The van der Waals surface area contributed by atoms with Crippen LogP contribution >= 0.6 is 0 Å². The van der Waals surface area contributed by atoms with Crippen LogP contribution in [0.5, 0.6) is 0 Å². The molecule has 2 aromatic rings. The zero-order valence-corrected chi connectivity index (χ0v) is 13.0. The second kappa shape index (κ2) is 6.14. The molecule has 1 heterocycles. The van der Waals surface area contributed by atoms with Gasteiger partial charge < -0.3 is 5.11 Å². The van der Waals surface area contributed by atoms with Gasteiger partial charge in [0.05, 0.1) is 11.9 Å². The summed E-state index contributed by atoms with van der Waals surface area (Å²) >= 11 is 0. The van der Waals surface area contributed by atoms with Gasteiger partial charge in [-0.3, -0.25) is 9.10 Å². The summed E-state index contributed by atoms with van der Waals surface area (Å²) in [6.45, 7) is 0. The first-order chi connectivity index (χ1) is 10.3. The van der Waals surface area contributed by atoms with Crippen LogP contribution in [0.1, 0.15) is 12.0 Å². The van der Waals surface area contributed by atoms with Gasteiger partial charge in [-0.15, -0.1) is 5.10 Å². The summed E-state index contributed by atoms with van der Waals surface area (Å²) in [4.78, 5) is 10.6. The Labute approximate surface area is 128 Å². The van der Waals surface area contributed by atoms with Crippen LogP contribution < -0.4 is 4.31 Å². The van der Waals surface area contributed by atoms with Crippen LogP contribution in [0, 0.1) is 0 Å². The molecule has 0 amide bonds. The number of nitrogens with zero attached hydrogens (tertiary/aromatic N) is 4. The van der Waals surface area contributed by atoms with Gasteiger partial charge in [-0.25, -0.2) is 4.68 Å². The van der Waals surface area contributed by atoms with Crippen molar-refractivity contribution in [2.24, 2.45) is 7.05 Å². The fourth-order valence-electron chi connectivity index (χ4n) is 1.95. The molecule has 0 fully saturated rings. The average molecular weight is 324 g/mol. The zero-order chi connectivity index (χ0) is 16.3. The highest BCUT2D eigenvalue weighted by molar-refractivity contribution is 7.92. The molecule has 0 atom stereocenters. The number of carboxylic acids is 1. The van der Waals surface area contributed by atoms with E-state index in [9.17, 15) is 13.2 Å². The van der Waals surface area contributed by atoms with Gasteiger partial charge in [0.15, 0.2) is 5.03 Å². The standard InChI is InChI=1S/C13H16N4O4S/c1-16-12(9-14-15-16)22(20,21)17(2)11-5-3-4-10(8-11)6-7-13(18)19/h3-5,8-9H,6-7H2,1-2H3,(H,18,19). The van der Waals surface area contributed by atoms with Gasteiger partial charge in [0, 0.05) is 20.5 Å². The summed E-state index contributed by atoms with van der Waals surface area (Å²) in [5, 5.41) is 15.9. The highest BCUT2D eigenvalue weighted by Gasteiger charge is 2.25. The van der Waals surface area contributed by atoms with Gasteiger partial charge in [-0.05, 0) is 24.1 Å². The molecule has 0 radical (unpaired) electrons. The van der Waals surface area contributed by atoms with Gasteiger partial charge in [0.1, 0.15) is 0 Å². The Hall–Kier alpha value is -2.42. The van der Waals surface area contributed by atoms with Crippen molar-refractivity contribution < 1.29 is 18.3 Å². The van der Waals surface area contributed by atoms with Crippen molar-refractivity contribution in [1.82, 2.24) is 15.0 Å². The van der Waals surface area contributed by atoms with E-state index in [1.807, 2.05) is 0 Å². The van der Waals surface area contributed by atoms with E-state index in [0.717, 1.165) is 9.87 Å². The van der Waals surface area contributed by atoms with Crippen LogP contribution in [0.4, 0.5) is 5.69 Å². The van der Waals surface area contributed by atoms with Crippen molar-refractivity contribution in [3.8, 4) is 0 Å². The lowest BCUT2D eigenvalue weighted by molar-refractivity contribution is -0.136. The Morgan fingerprint density at radius 2 is 2.14 bits per heavy atom. The third kappa shape index (κ3) is 3.25. The molecule has 0 saturated carbocycles. The summed E-state index contributed by atoms with van der Waals surface area (Å²) in [7, 11) is -0.846. The first-order valence-corrected chi connectivity index (χ1v) is 7.90. The third-order valence-corrected chi connectivity index (χ3v) is 5.03. The molecule has 0 aliphatic rings. The predicted octanol–water partition coefficient (Wildman–Crippen LogP) is 0.657. The Balaban J connectivity index is 2.29. The van der Waals surface area contributed by atoms with E-state index in [0.29, 0.717) is 12.1 Å². The highest BCUT2D eigenvalue weighted by Crippen LogP contribution is 2.22. The minimum absolute atomic E-state index is 0.00836. The molecule has 0 unspecified atom stereocenters. The normalized spacial score (nSPS) is 11.4. The van der Waals surface area contributed by atoms with E-state index in [1.165, 1.54) is 25.0 Å². The molecule has 1 N–H and O–H groups in total. The third-order valence-electron chi connectivity index (χ3n) is 3.20. The lowest BCUT2D eigenvalue weighted by Crippen LogP contribution is -2.28. The number of benzene rings is 1. The number of aliphatic carboxylic acids is 1. The predicted molar refractivity (Wildman–Crippen MR) is 79.0 cm³/mol. The number of rotatable bonds is 6. The number of carbonyl (C=O) groups is 1. The number of sulfonamides is 1. The first kappa shape index (κ1) is 16.0. The summed E-state index contributed by atoms with van der Waals surface area (Å²) in [6.07, 6.45) is 1.51. The van der Waals surface area contributed by atoms with Crippen molar-refractivity contribution >= 4 is 21.7 Å². The molecule has 0 aliphatic heterocycles. The van der Waals surface area contributed by atoms with Gasteiger partial charge in [0.25, 0.3) is 10.0 Å². The fraction of sp³-hybridized carbons (Fsp3) is 0.308. The Morgan fingerprint density at radius 3 is 2.73 bits per heavy atom. The first-order valence-electron chi connectivity index (χ1n) is 6.46. The minimum atomic E-state index is -3.77. The molecule has 22 heavy (non-hydrogen) atoms. The molecule has 1 aromatic carbocycles. The van der Waals surface area contributed by atoms with Gasteiger partial charge in [-0.1, -0.05) is 17.3 Å². The molecule has 118 valence electrons. The topological polar surface area (TPSA) is 105 Å². The molecule has 8 nitrogen and oxygen atoms in total. The van der Waals surface area contributed by atoms with Crippen LogP contribution in [0.3, 0.4) is 0 Å². The highest BCUT2D eigenvalue weighted by atomic mass is 32.2.